The van der Waals surface area contributed by atoms with Crippen LogP contribution in [0.15, 0.2) is 24.3 Å². The second-order valence-corrected chi connectivity index (χ2v) is 6.58. The van der Waals surface area contributed by atoms with E-state index in [0.29, 0.717) is 5.92 Å². The van der Waals surface area contributed by atoms with E-state index in [9.17, 15) is 9.59 Å². The number of aldehydes is 1. The molecule has 0 aromatic heterocycles. The Kier molecular flexibility index (Phi) is 4.35. The molecule has 1 aromatic carbocycles. The van der Waals surface area contributed by atoms with Crippen molar-refractivity contribution in [2.24, 2.45) is 0 Å². The number of nitrogens with zero attached hydrogens (tertiary/aromatic N) is 1. The monoisotopic (exact) mass is 289 g/mol. The zero-order chi connectivity index (χ0) is 15.6. The van der Waals surface area contributed by atoms with E-state index in [1.165, 1.54) is 10.5 Å². The Labute approximate surface area is 126 Å². The second-order valence-electron chi connectivity index (χ2n) is 6.58. The lowest BCUT2D eigenvalue weighted by atomic mass is 9.97. The Morgan fingerprint density at radius 2 is 1.95 bits per heavy atom. The van der Waals surface area contributed by atoms with Crippen molar-refractivity contribution < 1.29 is 14.3 Å². The highest BCUT2D eigenvalue weighted by molar-refractivity contribution is 5.75. The second kappa shape index (κ2) is 5.88. The van der Waals surface area contributed by atoms with E-state index in [4.69, 9.17) is 4.74 Å². The molecule has 0 aliphatic heterocycles. The summed E-state index contributed by atoms with van der Waals surface area (Å²) < 4.78 is 5.35. The van der Waals surface area contributed by atoms with Crippen molar-refractivity contribution in [2.45, 2.75) is 51.2 Å². The molecule has 1 amide bonds. The van der Waals surface area contributed by atoms with Crippen molar-refractivity contribution in [3.05, 3.63) is 35.4 Å². The van der Waals surface area contributed by atoms with Gasteiger partial charge in [0.15, 0.2) is 0 Å². The largest absolute Gasteiger partial charge is 0.444 e. The van der Waals surface area contributed by atoms with Gasteiger partial charge in [-0.05, 0) is 50.7 Å². The summed E-state index contributed by atoms with van der Waals surface area (Å²) in [6, 6.07) is 7.25. The van der Waals surface area contributed by atoms with E-state index in [-0.39, 0.29) is 0 Å². The molecule has 0 bridgehead atoms. The van der Waals surface area contributed by atoms with Crippen LogP contribution in [0.3, 0.4) is 0 Å². The first kappa shape index (κ1) is 15.5. The molecule has 2 rings (SSSR count). The van der Waals surface area contributed by atoms with Crippen LogP contribution in [0.1, 0.15) is 56.7 Å². The van der Waals surface area contributed by atoms with Crippen LogP contribution in [-0.4, -0.2) is 29.9 Å². The quantitative estimate of drug-likeness (QED) is 0.794. The molecule has 1 saturated carbocycles. The van der Waals surface area contributed by atoms with Crippen molar-refractivity contribution in [1.82, 2.24) is 4.90 Å². The molecule has 4 heteroatoms. The van der Waals surface area contributed by atoms with Gasteiger partial charge in [-0.25, -0.2) is 4.79 Å². The summed E-state index contributed by atoms with van der Waals surface area (Å²) in [5.74, 6) is 0.524. The Morgan fingerprint density at radius 3 is 2.48 bits per heavy atom. The number of carbonyl (C=O) groups is 2. The number of hydrogen-bond acceptors (Lipinski definition) is 3. The van der Waals surface area contributed by atoms with Gasteiger partial charge in [0.1, 0.15) is 17.9 Å². The van der Waals surface area contributed by atoms with Crippen molar-refractivity contribution >= 4 is 12.4 Å². The molecule has 21 heavy (non-hydrogen) atoms. The van der Waals surface area contributed by atoms with Crippen LogP contribution in [0.5, 0.6) is 0 Å². The van der Waals surface area contributed by atoms with Gasteiger partial charge in [-0.3, -0.25) is 4.90 Å². The maximum Gasteiger partial charge on any atom is 0.410 e. The maximum absolute atomic E-state index is 12.2. The summed E-state index contributed by atoms with van der Waals surface area (Å²) >= 11 is 0. The normalized spacial score (nSPS) is 16.2. The Morgan fingerprint density at radius 1 is 1.33 bits per heavy atom. The summed E-state index contributed by atoms with van der Waals surface area (Å²) in [5.41, 5.74) is 1.50. The van der Waals surface area contributed by atoms with Crippen LogP contribution in [0.4, 0.5) is 4.79 Å². The standard InChI is InChI=1S/C17H23NO3/c1-17(2,3)21-16(20)18(4)15(11-19)14-8-6-5-7-13(14)12-9-10-12/h5-8,11-12,15H,9-10H2,1-4H3. The summed E-state index contributed by atoms with van der Waals surface area (Å²) in [4.78, 5) is 25.1. The highest BCUT2D eigenvalue weighted by Gasteiger charge is 2.32. The molecule has 0 saturated heterocycles. The first-order valence-electron chi connectivity index (χ1n) is 7.33. The van der Waals surface area contributed by atoms with Crippen LogP contribution >= 0.6 is 0 Å². The fourth-order valence-electron chi connectivity index (χ4n) is 2.37. The van der Waals surface area contributed by atoms with Crippen LogP contribution in [0.2, 0.25) is 0 Å². The summed E-state index contributed by atoms with van der Waals surface area (Å²) in [5, 5.41) is 0. The number of amides is 1. The van der Waals surface area contributed by atoms with Gasteiger partial charge in [-0.15, -0.1) is 0 Å². The molecular formula is C17H23NO3. The molecule has 0 heterocycles. The van der Waals surface area contributed by atoms with E-state index < -0.39 is 17.7 Å². The van der Waals surface area contributed by atoms with E-state index in [0.717, 1.165) is 24.7 Å². The molecule has 1 atom stereocenters. The van der Waals surface area contributed by atoms with Gasteiger partial charge >= 0.3 is 6.09 Å². The number of likely N-dealkylation sites (N-methyl/N-ethyl adjacent to an activating group) is 1. The average molecular weight is 289 g/mol. The van der Waals surface area contributed by atoms with Crippen molar-refractivity contribution in [3.8, 4) is 0 Å². The van der Waals surface area contributed by atoms with Gasteiger partial charge in [0.25, 0.3) is 0 Å². The van der Waals surface area contributed by atoms with Crippen molar-refractivity contribution in [2.75, 3.05) is 7.05 Å². The lowest BCUT2D eigenvalue weighted by molar-refractivity contribution is -0.112. The molecule has 0 radical (unpaired) electrons. The topological polar surface area (TPSA) is 46.6 Å². The van der Waals surface area contributed by atoms with Gasteiger partial charge in [0.05, 0.1) is 0 Å². The highest BCUT2D eigenvalue weighted by atomic mass is 16.6. The Bertz CT molecular complexity index is 529. The van der Waals surface area contributed by atoms with E-state index in [1.807, 2.05) is 45.0 Å². The van der Waals surface area contributed by atoms with E-state index >= 15 is 0 Å². The van der Waals surface area contributed by atoms with Gasteiger partial charge in [-0.2, -0.15) is 0 Å². The van der Waals surface area contributed by atoms with Gasteiger partial charge in [0.2, 0.25) is 0 Å². The zero-order valence-corrected chi connectivity index (χ0v) is 13.1. The third-order valence-corrected chi connectivity index (χ3v) is 3.56. The summed E-state index contributed by atoms with van der Waals surface area (Å²) in [6.07, 6.45) is 2.63. The van der Waals surface area contributed by atoms with Crippen LogP contribution in [0.25, 0.3) is 0 Å². The minimum atomic E-state index is -0.600. The first-order chi connectivity index (χ1) is 9.83. The fourth-order valence-corrected chi connectivity index (χ4v) is 2.37. The third-order valence-electron chi connectivity index (χ3n) is 3.56. The minimum absolute atomic E-state index is 0.481. The average Bonchev–Trinajstić information content (AvgIpc) is 3.22. The van der Waals surface area contributed by atoms with Gasteiger partial charge in [-0.1, -0.05) is 24.3 Å². The van der Waals surface area contributed by atoms with Crippen molar-refractivity contribution in [3.63, 3.8) is 0 Å². The minimum Gasteiger partial charge on any atom is -0.444 e. The molecule has 0 spiro atoms. The third kappa shape index (κ3) is 3.84. The van der Waals surface area contributed by atoms with Crippen LogP contribution in [-0.2, 0) is 9.53 Å². The fraction of sp³-hybridized carbons (Fsp3) is 0.529. The lowest BCUT2D eigenvalue weighted by Crippen LogP contribution is -2.37. The number of carbonyl (C=O) groups excluding carboxylic acids is 2. The molecule has 0 N–H and O–H groups in total. The highest BCUT2D eigenvalue weighted by Crippen LogP contribution is 2.43. The van der Waals surface area contributed by atoms with E-state index in [2.05, 4.69) is 0 Å². The molecule has 1 fully saturated rings. The first-order valence-corrected chi connectivity index (χ1v) is 7.33. The SMILES string of the molecule is CN(C(=O)OC(C)(C)C)C(C=O)c1ccccc1C1CC1. The number of ether oxygens (including phenoxy) is 1. The van der Waals surface area contributed by atoms with Gasteiger partial charge < -0.3 is 9.53 Å². The number of benzene rings is 1. The molecule has 1 aliphatic rings. The predicted octanol–water partition coefficient (Wildman–Crippen LogP) is 3.67. The van der Waals surface area contributed by atoms with Gasteiger partial charge in [0, 0.05) is 7.05 Å². The molecular weight excluding hydrogens is 266 g/mol. The zero-order valence-electron chi connectivity index (χ0n) is 13.1. The molecule has 1 aromatic rings. The predicted molar refractivity (Wildman–Crippen MR) is 81.2 cm³/mol. The molecule has 4 nitrogen and oxygen atoms in total. The number of rotatable bonds is 4. The maximum atomic E-state index is 12.2. The summed E-state index contributed by atoms with van der Waals surface area (Å²) in [6.45, 7) is 5.44. The van der Waals surface area contributed by atoms with Crippen LogP contribution in [0, 0.1) is 0 Å². The lowest BCUT2D eigenvalue weighted by Gasteiger charge is -2.29. The smallest absolute Gasteiger partial charge is 0.410 e. The Balaban J connectivity index is 2.23. The number of hydrogen-bond donors (Lipinski definition) is 0. The van der Waals surface area contributed by atoms with E-state index in [1.54, 1.807) is 7.05 Å². The van der Waals surface area contributed by atoms with Crippen molar-refractivity contribution in [1.29, 1.82) is 0 Å². The summed E-state index contributed by atoms with van der Waals surface area (Å²) in [7, 11) is 1.61. The molecule has 1 unspecified atom stereocenters. The molecule has 114 valence electrons. The van der Waals surface area contributed by atoms with Crippen LogP contribution < -0.4 is 0 Å². The molecule has 1 aliphatic carbocycles. The Hall–Kier alpha value is -1.84.